The molecular weight excluding hydrogens is 276 g/mol. The fraction of sp³-hybridized carbons (Fsp3) is 0.316. The molecule has 0 aromatic carbocycles. The number of hydrogen-bond donors (Lipinski definition) is 2. The van der Waals surface area contributed by atoms with E-state index in [9.17, 15) is 0 Å². The molecule has 0 rings (SSSR count). The maximum atomic E-state index is 8.56. The fourth-order valence-corrected chi connectivity index (χ4v) is 0. The number of rotatable bonds is 0. The highest BCUT2D eigenvalue weighted by atomic mass is 16.6. The SMILES string of the molecule is C=CC.C=CC.C=CC.C=CC.C=CC.C=CC.O=C(O)O. The molecule has 0 saturated heterocycles. The highest BCUT2D eigenvalue weighted by molar-refractivity contribution is 5.53. The molecule has 2 N–H and O–H groups in total. The Bertz CT molecular complexity index is 166. The summed E-state index contributed by atoms with van der Waals surface area (Å²) in [6.07, 6.45) is 8.67. The van der Waals surface area contributed by atoms with E-state index in [0.29, 0.717) is 0 Å². The molecule has 0 aliphatic rings. The van der Waals surface area contributed by atoms with Crippen molar-refractivity contribution in [3.63, 3.8) is 0 Å². The van der Waals surface area contributed by atoms with Gasteiger partial charge >= 0.3 is 6.16 Å². The Morgan fingerprint density at radius 1 is 0.545 bits per heavy atom. The van der Waals surface area contributed by atoms with Crippen LogP contribution in [-0.4, -0.2) is 16.4 Å². The Balaban J connectivity index is -0.0000000239. The molecule has 0 aromatic rings. The normalized spacial score (nSPS) is 4.64. The molecule has 0 saturated carbocycles. The lowest BCUT2D eigenvalue weighted by molar-refractivity contribution is 0.137. The maximum absolute atomic E-state index is 8.56. The number of carbonyl (C=O) groups is 1. The van der Waals surface area contributed by atoms with Crippen LogP contribution in [0.2, 0.25) is 0 Å². The number of carboxylic acid groups (broad SMARTS) is 2. The van der Waals surface area contributed by atoms with E-state index in [1.54, 1.807) is 36.5 Å². The summed E-state index contributed by atoms with van der Waals surface area (Å²) in [4.78, 5) is 8.56. The van der Waals surface area contributed by atoms with Crippen molar-refractivity contribution in [2.75, 3.05) is 0 Å². The first-order valence-corrected chi connectivity index (χ1v) is 6.56. The van der Waals surface area contributed by atoms with Gasteiger partial charge < -0.3 is 10.2 Å². The van der Waals surface area contributed by atoms with Crippen LogP contribution >= 0.6 is 0 Å². The van der Waals surface area contributed by atoms with E-state index < -0.39 is 6.16 Å². The fourth-order valence-electron chi connectivity index (χ4n) is 0. The van der Waals surface area contributed by atoms with Crippen LogP contribution in [0.5, 0.6) is 0 Å². The van der Waals surface area contributed by atoms with Crippen molar-refractivity contribution in [3.05, 3.63) is 75.9 Å². The first-order chi connectivity index (χ1) is 10.2. The minimum Gasteiger partial charge on any atom is -0.450 e. The molecule has 0 spiro atoms. The van der Waals surface area contributed by atoms with Crippen molar-refractivity contribution in [1.29, 1.82) is 0 Å². The third-order valence-corrected chi connectivity index (χ3v) is 0. The third-order valence-electron chi connectivity index (χ3n) is 0. The van der Waals surface area contributed by atoms with Crippen molar-refractivity contribution in [3.8, 4) is 0 Å². The molecule has 0 fully saturated rings. The van der Waals surface area contributed by atoms with Crippen molar-refractivity contribution in [2.24, 2.45) is 0 Å². The first-order valence-electron chi connectivity index (χ1n) is 6.56. The van der Waals surface area contributed by atoms with E-state index in [1.807, 2.05) is 41.5 Å². The van der Waals surface area contributed by atoms with Gasteiger partial charge in [0.15, 0.2) is 0 Å². The highest BCUT2D eigenvalue weighted by Gasteiger charge is 1.70. The smallest absolute Gasteiger partial charge is 0.450 e. The number of hydrogen-bond acceptors (Lipinski definition) is 1. The van der Waals surface area contributed by atoms with Gasteiger partial charge in [-0.05, 0) is 41.5 Å². The Morgan fingerprint density at radius 3 is 0.545 bits per heavy atom. The molecule has 132 valence electrons. The van der Waals surface area contributed by atoms with Crippen molar-refractivity contribution >= 4 is 6.16 Å². The summed E-state index contributed by atoms with van der Waals surface area (Å²) in [6, 6.07) is 0. The van der Waals surface area contributed by atoms with Crippen molar-refractivity contribution in [2.45, 2.75) is 41.5 Å². The van der Waals surface area contributed by atoms with E-state index in [4.69, 9.17) is 15.0 Å². The summed E-state index contributed by atoms with van der Waals surface area (Å²) in [5.41, 5.74) is 0. The monoisotopic (exact) mass is 314 g/mol. The molecular formula is C19H38O3. The summed E-state index contributed by atoms with van der Waals surface area (Å²) in [5.74, 6) is 0. The predicted octanol–water partition coefficient (Wildman–Crippen LogP) is 7.38. The van der Waals surface area contributed by atoms with E-state index >= 15 is 0 Å². The second-order valence-electron chi connectivity index (χ2n) is 2.73. The largest absolute Gasteiger partial charge is 0.503 e. The number of allylic oxidation sites excluding steroid dienone is 6. The van der Waals surface area contributed by atoms with Gasteiger partial charge in [-0.25, -0.2) is 4.79 Å². The Hall–Kier alpha value is -2.29. The minimum absolute atomic E-state index is 1.75. The topological polar surface area (TPSA) is 57.5 Å². The molecule has 0 aromatic heterocycles. The van der Waals surface area contributed by atoms with Gasteiger partial charge in [0.05, 0.1) is 0 Å². The van der Waals surface area contributed by atoms with Gasteiger partial charge in [-0.2, -0.15) is 0 Å². The van der Waals surface area contributed by atoms with Crippen molar-refractivity contribution in [1.82, 2.24) is 0 Å². The van der Waals surface area contributed by atoms with Crippen LogP contribution in [0.25, 0.3) is 0 Å². The summed E-state index contributed by atoms with van der Waals surface area (Å²) in [7, 11) is 0. The second kappa shape index (κ2) is 130. The molecule has 0 aliphatic heterocycles. The van der Waals surface area contributed by atoms with Crippen LogP contribution in [0, 0.1) is 0 Å². The highest BCUT2D eigenvalue weighted by Crippen LogP contribution is 1.43. The quantitative estimate of drug-likeness (QED) is 0.459. The zero-order valence-corrected chi connectivity index (χ0v) is 15.5. The molecule has 0 atom stereocenters. The Kier molecular flexibility index (Phi) is 253. The summed E-state index contributed by atoms with van der Waals surface area (Å²) in [5, 5.41) is 13.9. The lowest BCUT2D eigenvalue weighted by Gasteiger charge is -1.60. The van der Waals surface area contributed by atoms with Gasteiger partial charge in [-0.15, -0.1) is 39.5 Å². The van der Waals surface area contributed by atoms with Gasteiger partial charge in [0.25, 0.3) is 0 Å². The van der Waals surface area contributed by atoms with Crippen LogP contribution in [0.4, 0.5) is 4.79 Å². The maximum Gasteiger partial charge on any atom is 0.503 e. The lowest BCUT2D eigenvalue weighted by atomic mass is 10.8. The third kappa shape index (κ3) is 943. The van der Waals surface area contributed by atoms with Gasteiger partial charge in [-0.3, -0.25) is 0 Å². The standard InChI is InChI=1S/6C3H6.CH2O3/c6*1-3-2;2-1(3)4/h6*3H,1H2,2H3;(H2,2,3,4). The second-order valence-corrected chi connectivity index (χ2v) is 2.73. The lowest BCUT2D eigenvalue weighted by Crippen LogP contribution is -1.81. The zero-order chi connectivity index (χ0) is 19.8. The van der Waals surface area contributed by atoms with Crippen LogP contribution in [-0.2, 0) is 0 Å². The molecule has 0 aliphatic carbocycles. The van der Waals surface area contributed by atoms with Crippen LogP contribution in [0.1, 0.15) is 41.5 Å². The van der Waals surface area contributed by atoms with Gasteiger partial charge in [0, 0.05) is 0 Å². The van der Waals surface area contributed by atoms with Crippen LogP contribution in [0.3, 0.4) is 0 Å². The summed E-state index contributed by atoms with van der Waals surface area (Å²) in [6.45, 7) is 31.5. The Morgan fingerprint density at radius 2 is 0.545 bits per heavy atom. The van der Waals surface area contributed by atoms with Gasteiger partial charge in [-0.1, -0.05) is 36.5 Å². The molecule has 0 bridgehead atoms. The first kappa shape index (κ1) is 42.7. The van der Waals surface area contributed by atoms with Crippen LogP contribution < -0.4 is 0 Å². The predicted molar refractivity (Wildman–Crippen MR) is 106 cm³/mol. The van der Waals surface area contributed by atoms with Gasteiger partial charge in [0.1, 0.15) is 0 Å². The molecule has 0 heterocycles. The van der Waals surface area contributed by atoms with Crippen molar-refractivity contribution < 1.29 is 15.0 Å². The Labute approximate surface area is 139 Å². The average molecular weight is 315 g/mol. The molecule has 22 heavy (non-hydrogen) atoms. The molecule has 0 amide bonds. The molecule has 0 unspecified atom stereocenters. The zero-order valence-electron chi connectivity index (χ0n) is 15.5. The average Bonchev–Trinajstić information content (AvgIpc) is 2.33. The van der Waals surface area contributed by atoms with E-state index in [0.717, 1.165) is 0 Å². The van der Waals surface area contributed by atoms with Gasteiger partial charge in [0.2, 0.25) is 0 Å². The van der Waals surface area contributed by atoms with E-state index in [2.05, 4.69) is 39.5 Å². The molecule has 3 heteroatoms. The molecule has 3 nitrogen and oxygen atoms in total. The summed E-state index contributed by atoms with van der Waals surface area (Å²) >= 11 is 0. The van der Waals surface area contributed by atoms with E-state index in [1.165, 1.54) is 0 Å². The van der Waals surface area contributed by atoms with E-state index in [-0.39, 0.29) is 0 Å². The molecule has 0 radical (unpaired) electrons. The van der Waals surface area contributed by atoms with Crippen LogP contribution in [0.15, 0.2) is 75.9 Å². The minimum atomic E-state index is -1.83. The summed E-state index contributed by atoms with van der Waals surface area (Å²) < 4.78 is 0.